The number of anilines is 1. The van der Waals surface area contributed by atoms with Crippen LogP contribution < -0.4 is 4.31 Å². The molecule has 0 saturated carbocycles. The van der Waals surface area contributed by atoms with Gasteiger partial charge < -0.3 is 0 Å². The van der Waals surface area contributed by atoms with Crippen molar-refractivity contribution in [2.45, 2.75) is 6.54 Å². The van der Waals surface area contributed by atoms with Crippen LogP contribution in [0.3, 0.4) is 0 Å². The summed E-state index contributed by atoms with van der Waals surface area (Å²) in [6.07, 6.45) is 0. The third kappa shape index (κ3) is 3.49. The molecule has 0 fully saturated rings. The smallest absolute Gasteiger partial charge is 0.249 e. The van der Waals surface area contributed by atoms with E-state index in [1.165, 1.54) is 4.31 Å². The van der Waals surface area contributed by atoms with Gasteiger partial charge in [-0.25, -0.2) is 8.42 Å². The third-order valence-electron chi connectivity index (χ3n) is 2.69. The fourth-order valence-electron chi connectivity index (χ4n) is 1.75. The first-order valence-corrected chi connectivity index (χ1v) is 7.93. The molecule has 2 aromatic carbocycles. The van der Waals surface area contributed by atoms with Crippen LogP contribution in [0, 0.1) is 0 Å². The van der Waals surface area contributed by atoms with Crippen molar-refractivity contribution in [1.82, 2.24) is 0 Å². The van der Waals surface area contributed by atoms with Gasteiger partial charge in [-0.05, 0) is 17.7 Å². The van der Waals surface area contributed by atoms with E-state index < -0.39 is 15.2 Å². The summed E-state index contributed by atoms with van der Waals surface area (Å²) in [5.41, 5.74) is 1.53. The molecule has 0 unspecified atom stereocenters. The number of benzene rings is 2. The van der Waals surface area contributed by atoms with Gasteiger partial charge in [0.2, 0.25) is 10.0 Å². The Morgan fingerprint density at radius 3 is 1.95 bits per heavy atom. The van der Waals surface area contributed by atoms with E-state index in [2.05, 4.69) is 0 Å². The van der Waals surface area contributed by atoms with Crippen LogP contribution in [0.4, 0.5) is 5.69 Å². The Bertz CT molecular complexity index is 614. The predicted octanol–water partition coefficient (Wildman–Crippen LogP) is 3.22. The number of nitrogens with zero attached hydrogens (tertiary/aromatic N) is 1. The lowest BCUT2D eigenvalue weighted by Crippen LogP contribution is -2.31. The van der Waals surface area contributed by atoms with Crippen LogP contribution in [0.15, 0.2) is 60.7 Å². The molecule has 0 amide bonds. The van der Waals surface area contributed by atoms with Gasteiger partial charge in [-0.2, -0.15) is 0 Å². The standard InChI is InChI=1S/C14H14ClNO2S/c15-12-19(17,18)16(14-9-5-2-6-10-14)11-13-7-3-1-4-8-13/h1-10H,11-12H2. The molecule has 0 atom stereocenters. The Kier molecular flexibility index (Phi) is 4.45. The average Bonchev–Trinajstić information content (AvgIpc) is 2.46. The average molecular weight is 296 g/mol. The van der Waals surface area contributed by atoms with Crippen molar-refractivity contribution in [3.63, 3.8) is 0 Å². The minimum absolute atomic E-state index is 0.278. The fourth-order valence-corrected chi connectivity index (χ4v) is 3.01. The monoisotopic (exact) mass is 295 g/mol. The molecule has 100 valence electrons. The minimum atomic E-state index is -3.51. The molecule has 0 N–H and O–H groups in total. The maximum atomic E-state index is 12.1. The highest BCUT2D eigenvalue weighted by Gasteiger charge is 2.21. The second kappa shape index (κ2) is 6.08. The Labute approximate surface area is 118 Å². The fraction of sp³-hybridized carbons (Fsp3) is 0.143. The summed E-state index contributed by atoms with van der Waals surface area (Å²) in [4.78, 5) is 0. The van der Waals surface area contributed by atoms with Crippen LogP contribution >= 0.6 is 11.6 Å². The van der Waals surface area contributed by atoms with E-state index in [4.69, 9.17) is 11.6 Å². The van der Waals surface area contributed by atoms with E-state index in [0.717, 1.165) is 5.56 Å². The quantitative estimate of drug-likeness (QED) is 0.794. The van der Waals surface area contributed by atoms with Gasteiger partial charge in [0.25, 0.3) is 0 Å². The molecule has 0 aliphatic rings. The molecule has 5 heteroatoms. The highest BCUT2D eigenvalue weighted by atomic mass is 35.5. The number of rotatable bonds is 5. The molecule has 0 bridgehead atoms. The minimum Gasteiger partial charge on any atom is -0.265 e. The Balaban J connectivity index is 2.36. The molecular weight excluding hydrogens is 282 g/mol. The molecule has 19 heavy (non-hydrogen) atoms. The van der Waals surface area contributed by atoms with Gasteiger partial charge in [-0.15, -0.1) is 11.6 Å². The van der Waals surface area contributed by atoms with Crippen LogP contribution in [-0.4, -0.2) is 13.6 Å². The van der Waals surface area contributed by atoms with Gasteiger partial charge in [0.05, 0.1) is 12.2 Å². The number of para-hydroxylation sites is 1. The first-order valence-electron chi connectivity index (χ1n) is 5.79. The van der Waals surface area contributed by atoms with Gasteiger partial charge in [-0.1, -0.05) is 48.5 Å². The number of halogens is 1. The lowest BCUT2D eigenvalue weighted by Gasteiger charge is -2.23. The second-order valence-electron chi connectivity index (χ2n) is 4.05. The van der Waals surface area contributed by atoms with Crippen molar-refractivity contribution >= 4 is 27.3 Å². The lowest BCUT2D eigenvalue weighted by atomic mass is 10.2. The first-order chi connectivity index (χ1) is 9.13. The van der Waals surface area contributed by atoms with Crippen molar-refractivity contribution < 1.29 is 8.42 Å². The van der Waals surface area contributed by atoms with Crippen molar-refractivity contribution in [3.8, 4) is 0 Å². The van der Waals surface area contributed by atoms with Gasteiger partial charge in [0.1, 0.15) is 5.21 Å². The van der Waals surface area contributed by atoms with E-state index in [-0.39, 0.29) is 6.54 Å². The summed E-state index contributed by atoms with van der Waals surface area (Å²) < 4.78 is 25.5. The Morgan fingerprint density at radius 1 is 0.895 bits per heavy atom. The van der Waals surface area contributed by atoms with E-state index in [0.29, 0.717) is 5.69 Å². The topological polar surface area (TPSA) is 37.4 Å². The molecule has 0 radical (unpaired) electrons. The van der Waals surface area contributed by atoms with Crippen molar-refractivity contribution in [2.24, 2.45) is 0 Å². The summed E-state index contributed by atoms with van der Waals surface area (Å²) in [6.45, 7) is 0.278. The van der Waals surface area contributed by atoms with Crippen molar-refractivity contribution in [1.29, 1.82) is 0 Å². The van der Waals surface area contributed by atoms with E-state index in [1.54, 1.807) is 24.3 Å². The molecular formula is C14H14ClNO2S. The van der Waals surface area contributed by atoms with Crippen LogP contribution in [0.5, 0.6) is 0 Å². The Hall–Kier alpha value is -1.52. The van der Waals surface area contributed by atoms with E-state index in [1.807, 2.05) is 36.4 Å². The molecule has 0 heterocycles. The molecule has 0 aromatic heterocycles. The van der Waals surface area contributed by atoms with Crippen LogP contribution in [0.25, 0.3) is 0 Å². The zero-order valence-corrected chi connectivity index (χ0v) is 11.8. The number of sulfonamides is 1. The molecule has 0 aliphatic heterocycles. The number of alkyl halides is 1. The molecule has 2 rings (SSSR count). The lowest BCUT2D eigenvalue weighted by molar-refractivity contribution is 0.595. The highest BCUT2D eigenvalue weighted by molar-refractivity contribution is 7.93. The summed E-state index contributed by atoms with van der Waals surface area (Å²) in [5, 5.41) is -0.436. The molecule has 0 aliphatic carbocycles. The van der Waals surface area contributed by atoms with E-state index in [9.17, 15) is 8.42 Å². The second-order valence-corrected chi connectivity index (χ2v) is 6.53. The molecule has 2 aromatic rings. The molecule has 0 saturated heterocycles. The zero-order valence-electron chi connectivity index (χ0n) is 10.2. The SMILES string of the molecule is O=S(=O)(CCl)N(Cc1ccccc1)c1ccccc1. The largest absolute Gasteiger partial charge is 0.265 e. The summed E-state index contributed by atoms with van der Waals surface area (Å²) >= 11 is 5.57. The predicted molar refractivity (Wildman–Crippen MR) is 78.7 cm³/mol. The number of hydrogen-bond donors (Lipinski definition) is 0. The van der Waals surface area contributed by atoms with Gasteiger partial charge in [-0.3, -0.25) is 4.31 Å². The van der Waals surface area contributed by atoms with Crippen molar-refractivity contribution in [3.05, 3.63) is 66.2 Å². The molecule has 3 nitrogen and oxygen atoms in total. The summed E-state index contributed by atoms with van der Waals surface area (Å²) in [7, 11) is -3.51. The van der Waals surface area contributed by atoms with Crippen LogP contribution in [-0.2, 0) is 16.6 Å². The third-order valence-corrected chi connectivity index (χ3v) is 4.80. The summed E-state index contributed by atoms with van der Waals surface area (Å²) in [5.74, 6) is 0. The maximum Gasteiger partial charge on any atom is 0.249 e. The molecule has 0 spiro atoms. The maximum absolute atomic E-state index is 12.1. The van der Waals surface area contributed by atoms with Gasteiger partial charge in [0, 0.05) is 0 Å². The van der Waals surface area contributed by atoms with Crippen LogP contribution in [0.1, 0.15) is 5.56 Å². The van der Waals surface area contributed by atoms with Crippen molar-refractivity contribution in [2.75, 3.05) is 9.52 Å². The van der Waals surface area contributed by atoms with Gasteiger partial charge >= 0.3 is 0 Å². The number of hydrogen-bond acceptors (Lipinski definition) is 2. The van der Waals surface area contributed by atoms with Crippen LogP contribution in [0.2, 0.25) is 0 Å². The normalized spacial score (nSPS) is 11.2. The first kappa shape index (κ1) is 13.9. The summed E-state index contributed by atoms with van der Waals surface area (Å²) in [6, 6.07) is 18.4. The van der Waals surface area contributed by atoms with E-state index >= 15 is 0 Å². The van der Waals surface area contributed by atoms with Gasteiger partial charge in [0.15, 0.2) is 0 Å². The zero-order chi connectivity index (χ0) is 13.7. The Morgan fingerprint density at radius 2 is 1.42 bits per heavy atom. The highest BCUT2D eigenvalue weighted by Crippen LogP contribution is 2.21.